The molecule has 0 bridgehead atoms. The second-order valence-electron chi connectivity index (χ2n) is 3.50. The third-order valence-corrected chi connectivity index (χ3v) is 3.08. The van der Waals surface area contributed by atoms with E-state index in [1.54, 1.807) is 12.3 Å². The molecule has 0 saturated heterocycles. The molecule has 0 amide bonds. The molecule has 0 aliphatic rings. The Morgan fingerprint density at radius 1 is 1.37 bits per heavy atom. The van der Waals surface area contributed by atoms with Crippen molar-refractivity contribution >= 4 is 18.0 Å². The van der Waals surface area contributed by atoms with Crippen LogP contribution < -0.4 is 0 Å². The van der Waals surface area contributed by atoms with Crippen LogP contribution in [-0.4, -0.2) is 22.7 Å². The molecule has 100 valence electrons. The number of halogens is 3. The van der Waals surface area contributed by atoms with Gasteiger partial charge in [-0.1, -0.05) is 11.2 Å². The largest absolute Gasteiger partial charge is 0.471 e. The number of hydrogen-bond acceptors (Lipinski definition) is 5. The topological polar surface area (TPSA) is 56.0 Å². The van der Waals surface area contributed by atoms with Gasteiger partial charge in [0.2, 0.25) is 5.82 Å². The van der Waals surface area contributed by atoms with E-state index in [1.807, 2.05) is 0 Å². The van der Waals surface area contributed by atoms with Crippen LogP contribution in [0.25, 0.3) is 11.4 Å². The number of carbonyl (C=O) groups excluding carboxylic acids is 1. The predicted molar refractivity (Wildman–Crippen MR) is 61.9 cm³/mol. The van der Waals surface area contributed by atoms with E-state index in [1.165, 1.54) is 23.9 Å². The summed E-state index contributed by atoms with van der Waals surface area (Å²) in [5.74, 6) is -1.56. The van der Waals surface area contributed by atoms with Crippen LogP contribution in [0.4, 0.5) is 13.2 Å². The van der Waals surface area contributed by atoms with E-state index in [0.29, 0.717) is 22.3 Å². The monoisotopic (exact) mass is 288 g/mol. The molecule has 0 fully saturated rings. The third-order valence-electron chi connectivity index (χ3n) is 2.29. The highest BCUT2D eigenvalue weighted by Gasteiger charge is 2.38. The lowest BCUT2D eigenvalue weighted by molar-refractivity contribution is -0.159. The molecule has 1 aromatic heterocycles. The number of aromatic nitrogens is 2. The van der Waals surface area contributed by atoms with E-state index in [0.717, 1.165) is 0 Å². The molecule has 0 N–H and O–H groups in total. The van der Waals surface area contributed by atoms with Crippen LogP contribution in [0.15, 0.2) is 27.6 Å². The minimum absolute atomic E-state index is 0.167. The van der Waals surface area contributed by atoms with E-state index in [2.05, 4.69) is 14.7 Å². The van der Waals surface area contributed by atoms with Crippen molar-refractivity contribution in [3.63, 3.8) is 0 Å². The van der Waals surface area contributed by atoms with Gasteiger partial charge in [-0.2, -0.15) is 18.2 Å². The molecule has 0 spiro atoms. The lowest BCUT2D eigenvalue weighted by Crippen LogP contribution is -2.04. The number of alkyl halides is 3. The summed E-state index contributed by atoms with van der Waals surface area (Å²) in [6.45, 7) is 0. The van der Waals surface area contributed by atoms with Crippen molar-refractivity contribution in [2.24, 2.45) is 0 Å². The van der Waals surface area contributed by atoms with Crippen molar-refractivity contribution < 1.29 is 22.5 Å². The molecular formula is C11H7F3N2O2S. The first kappa shape index (κ1) is 13.6. The molecule has 0 atom stereocenters. The van der Waals surface area contributed by atoms with Gasteiger partial charge in [0.1, 0.15) is 0 Å². The number of hydrogen-bond donors (Lipinski definition) is 0. The zero-order chi connectivity index (χ0) is 14.0. The van der Waals surface area contributed by atoms with Gasteiger partial charge in [-0.3, -0.25) is 4.79 Å². The van der Waals surface area contributed by atoms with Gasteiger partial charge in [0.15, 0.2) is 6.29 Å². The second kappa shape index (κ2) is 5.04. The van der Waals surface area contributed by atoms with E-state index in [9.17, 15) is 18.0 Å². The first-order valence-electron chi connectivity index (χ1n) is 5.00. The second-order valence-corrected chi connectivity index (χ2v) is 4.34. The molecule has 2 aromatic rings. The smallest absolute Gasteiger partial charge is 0.329 e. The Balaban J connectivity index is 2.42. The lowest BCUT2D eigenvalue weighted by atomic mass is 10.1. The normalized spacial score (nSPS) is 11.6. The first-order chi connectivity index (χ1) is 8.95. The zero-order valence-electron chi connectivity index (χ0n) is 9.56. The minimum Gasteiger partial charge on any atom is -0.329 e. The molecule has 2 rings (SSSR count). The van der Waals surface area contributed by atoms with Crippen molar-refractivity contribution in [2.75, 3.05) is 6.26 Å². The fourth-order valence-corrected chi connectivity index (χ4v) is 2.00. The van der Waals surface area contributed by atoms with Crippen LogP contribution in [0.1, 0.15) is 16.2 Å². The van der Waals surface area contributed by atoms with E-state index < -0.39 is 12.1 Å². The molecule has 0 saturated carbocycles. The Hall–Kier alpha value is -1.83. The summed E-state index contributed by atoms with van der Waals surface area (Å²) < 4.78 is 41.2. The molecule has 0 aliphatic heterocycles. The van der Waals surface area contributed by atoms with Gasteiger partial charge in [-0.25, -0.2) is 0 Å². The van der Waals surface area contributed by atoms with Crippen LogP contribution in [0.3, 0.4) is 0 Å². The Labute approximate surface area is 110 Å². The zero-order valence-corrected chi connectivity index (χ0v) is 10.4. The molecule has 0 radical (unpaired) electrons. The summed E-state index contributed by atoms with van der Waals surface area (Å²) in [4.78, 5) is 14.7. The Morgan fingerprint density at radius 2 is 2.11 bits per heavy atom. The number of benzene rings is 1. The minimum atomic E-state index is -4.67. The summed E-state index contributed by atoms with van der Waals surface area (Å²) >= 11 is 1.30. The molecule has 4 nitrogen and oxygen atoms in total. The highest BCUT2D eigenvalue weighted by atomic mass is 32.2. The SMILES string of the molecule is CSc1cc(-c2noc(C(F)(F)F)n2)ccc1C=O. The Morgan fingerprint density at radius 3 is 2.63 bits per heavy atom. The van der Waals surface area contributed by atoms with Crippen LogP contribution in [-0.2, 0) is 6.18 Å². The van der Waals surface area contributed by atoms with Gasteiger partial charge >= 0.3 is 12.1 Å². The fourth-order valence-electron chi connectivity index (χ4n) is 1.40. The third kappa shape index (κ3) is 2.78. The molecule has 1 aromatic carbocycles. The van der Waals surface area contributed by atoms with Crippen molar-refractivity contribution in [1.82, 2.24) is 10.1 Å². The van der Waals surface area contributed by atoms with Gasteiger partial charge < -0.3 is 4.52 Å². The van der Waals surface area contributed by atoms with Crippen molar-refractivity contribution in [1.29, 1.82) is 0 Å². The summed E-state index contributed by atoms with van der Waals surface area (Å²) in [6, 6.07) is 4.51. The molecule has 1 heterocycles. The van der Waals surface area contributed by atoms with Crippen molar-refractivity contribution in [2.45, 2.75) is 11.1 Å². The van der Waals surface area contributed by atoms with E-state index >= 15 is 0 Å². The summed E-state index contributed by atoms with van der Waals surface area (Å²) in [5, 5.41) is 3.28. The van der Waals surface area contributed by atoms with Crippen LogP contribution in [0.2, 0.25) is 0 Å². The van der Waals surface area contributed by atoms with Crippen LogP contribution in [0, 0.1) is 0 Å². The Bertz CT molecular complexity index is 610. The maximum Gasteiger partial charge on any atom is 0.471 e. The lowest BCUT2D eigenvalue weighted by Gasteiger charge is -2.02. The number of rotatable bonds is 3. The molecule has 19 heavy (non-hydrogen) atoms. The van der Waals surface area contributed by atoms with E-state index in [4.69, 9.17) is 0 Å². The highest BCUT2D eigenvalue weighted by Crippen LogP contribution is 2.30. The highest BCUT2D eigenvalue weighted by molar-refractivity contribution is 7.98. The summed E-state index contributed by atoms with van der Waals surface area (Å²) in [6.07, 6.45) is -2.24. The van der Waals surface area contributed by atoms with Crippen molar-refractivity contribution in [3.05, 3.63) is 29.7 Å². The quantitative estimate of drug-likeness (QED) is 0.640. The average Bonchev–Trinajstić information content (AvgIpc) is 2.87. The number of thioether (sulfide) groups is 1. The number of aldehydes is 1. The number of carbonyl (C=O) groups is 1. The standard InChI is InChI=1S/C11H7F3N2O2S/c1-19-8-4-6(2-3-7(8)5-17)9-15-10(18-16-9)11(12,13)14/h2-5H,1H3. The average molecular weight is 288 g/mol. The van der Waals surface area contributed by atoms with Crippen molar-refractivity contribution in [3.8, 4) is 11.4 Å². The Kier molecular flexibility index (Phi) is 3.61. The molecule has 0 aliphatic carbocycles. The maximum absolute atomic E-state index is 12.3. The van der Waals surface area contributed by atoms with Crippen LogP contribution >= 0.6 is 11.8 Å². The molecule has 0 unspecified atom stereocenters. The fraction of sp³-hybridized carbons (Fsp3) is 0.182. The molecule has 8 heteroatoms. The molecular weight excluding hydrogens is 281 g/mol. The van der Waals surface area contributed by atoms with E-state index in [-0.39, 0.29) is 5.82 Å². The van der Waals surface area contributed by atoms with Crippen LogP contribution in [0.5, 0.6) is 0 Å². The number of nitrogens with zero attached hydrogens (tertiary/aromatic N) is 2. The van der Waals surface area contributed by atoms with Gasteiger partial charge in [-0.05, 0) is 18.4 Å². The maximum atomic E-state index is 12.3. The predicted octanol–water partition coefficient (Wildman–Crippen LogP) is 3.29. The van der Waals surface area contributed by atoms with Gasteiger partial charge in [-0.15, -0.1) is 11.8 Å². The summed E-state index contributed by atoms with van der Waals surface area (Å²) in [5.41, 5.74) is 0.810. The summed E-state index contributed by atoms with van der Waals surface area (Å²) in [7, 11) is 0. The van der Waals surface area contributed by atoms with Gasteiger partial charge in [0.05, 0.1) is 0 Å². The van der Waals surface area contributed by atoms with Gasteiger partial charge in [0, 0.05) is 16.0 Å². The van der Waals surface area contributed by atoms with Gasteiger partial charge in [0.25, 0.3) is 0 Å². The first-order valence-corrected chi connectivity index (χ1v) is 6.22.